The minimum Gasteiger partial charge on any atom is -0.383 e. The fraction of sp³-hybridized carbons (Fsp3) is 0.643. The quantitative estimate of drug-likeness (QED) is 0.793. The molecule has 0 saturated heterocycles. The Labute approximate surface area is 99.3 Å². The molecule has 2 nitrogen and oxygen atoms in total. The topological polar surface area (TPSA) is 38.9 Å². The van der Waals surface area contributed by atoms with Gasteiger partial charge in [0.1, 0.15) is 5.82 Å². The lowest BCUT2D eigenvalue weighted by atomic mass is 9.92. The summed E-state index contributed by atoms with van der Waals surface area (Å²) in [6.45, 7) is 6.58. The maximum Gasteiger partial charge on any atom is 0.126 e. The number of aromatic nitrogens is 1. The van der Waals surface area contributed by atoms with Crippen molar-refractivity contribution >= 4 is 5.82 Å². The molecule has 2 N–H and O–H groups in total. The molecule has 0 aliphatic carbocycles. The number of unbranched alkanes of at least 4 members (excludes halogenated alkanes) is 1. The minimum absolute atomic E-state index is 0.709. The maximum absolute atomic E-state index is 5.91. The van der Waals surface area contributed by atoms with Gasteiger partial charge in [-0.15, -0.1) is 0 Å². The first-order valence-electron chi connectivity index (χ1n) is 6.38. The Kier molecular flexibility index (Phi) is 5.30. The predicted octanol–water partition coefficient (Wildman–Crippen LogP) is 3.73. The maximum atomic E-state index is 5.91. The van der Waals surface area contributed by atoms with Crippen LogP contribution in [0.3, 0.4) is 0 Å². The van der Waals surface area contributed by atoms with Crippen molar-refractivity contribution in [3.63, 3.8) is 0 Å². The van der Waals surface area contributed by atoms with E-state index in [9.17, 15) is 0 Å². The summed E-state index contributed by atoms with van der Waals surface area (Å²) in [6.07, 6.45) is 8.05. The zero-order chi connectivity index (χ0) is 12.0. The average Bonchev–Trinajstić information content (AvgIpc) is 2.28. The second-order valence-corrected chi connectivity index (χ2v) is 4.68. The highest BCUT2D eigenvalue weighted by molar-refractivity contribution is 5.40. The summed E-state index contributed by atoms with van der Waals surface area (Å²) in [5, 5.41) is 0. The van der Waals surface area contributed by atoms with Gasteiger partial charge < -0.3 is 5.73 Å². The molecule has 0 aromatic carbocycles. The zero-order valence-electron chi connectivity index (χ0n) is 10.8. The summed E-state index contributed by atoms with van der Waals surface area (Å²) >= 11 is 0. The Hall–Kier alpha value is -1.05. The number of aryl methyl sites for hydroxylation is 1. The largest absolute Gasteiger partial charge is 0.383 e. The van der Waals surface area contributed by atoms with E-state index in [2.05, 4.69) is 31.8 Å². The van der Waals surface area contributed by atoms with E-state index in [0.29, 0.717) is 5.82 Å². The van der Waals surface area contributed by atoms with Gasteiger partial charge >= 0.3 is 0 Å². The third-order valence-corrected chi connectivity index (χ3v) is 3.19. The number of pyridine rings is 1. The number of anilines is 1. The van der Waals surface area contributed by atoms with Crippen LogP contribution in [0.1, 0.15) is 50.7 Å². The molecule has 0 aliphatic heterocycles. The molecule has 0 amide bonds. The van der Waals surface area contributed by atoms with Crippen LogP contribution in [0.2, 0.25) is 0 Å². The molecule has 1 atom stereocenters. The van der Waals surface area contributed by atoms with Gasteiger partial charge in [-0.05, 0) is 30.4 Å². The first-order valence-corrected chi connectivity index (χ1v) is 6.38. The standard InChI is InChI=1S/C14H24N2/c1-4-6-7-12(5-2)9-13-8-11(3)10-16-14(13)15/h8,10,12H,4-7,9H2,1-3H3,(H2,15,16). The summed E-state index contributed by atoms with van der Waals surface area (Å²) < 4.78 is 0. The molecule has 0 saturated carbocycles. The van der Waals surface area contributed by atoms with Crippen LogP contribution >= 0.6 is 0 Å². The van der Waals surface area contributed by atoms with Crippen LogP contribution in [-0.4, -0.2) is 4.98 Å². The highest BCUT2D eigenvalue weighted by atomic mass is 14.8. The van der Waals surface area contributed by atoms with Gasteiger partial charge in [0.15, 0.2) is 0 Å². The monoisotopic (exact) mass is 220 g/mol. The Morgan fingerprint density at radius 3 is 2.75 bits per heavy atom. The van der Waals surface area contributed by atoms with Gasteiger partial charge in [0, 0.05) is 6.20 Å². The molecule has 0 fully saturated rings. The molecule has 90 valence electrons. The minimum atomic E-state index is 0.709. The molecule has 0 bridgehead atoms. The van der Waals surface area contributed by atoms with Crippen molar-refractivity contribution in [3.8, 4) is 0 Å². The van der Waals surface area contributed by atoms with E-state index in [1.54, 1.807) is 0 Å². The van der Waals surface area contributed by atoms with Gasteiger partial charge in [-0.1, -0.05) is 45.6 Å². The van der Waals surface area contributed by atoms with E-state index >= 15 is 0 Å². The normalized spacial score (nSPS) is 12.7. The lowest BCUT2D eigenvalue weighted by molar-refractivity contribution is 0.449. The number of rotatable bonds is 6. The Balaban J connectivity index is 2.65. The van der Waals surface area contributed by atoms with Crippen molar-refractivity contribution in [2.75, 3.05) is 5.73 Å². The summed E-state index contributed by atoms with van der Waals surface area (Å²) in [4.78, 5) is 4.22. The van der Waals surface area contributed by atoms with Gasteiger partial charge in [0.05, 0.1) is 0 Å². The van der Waals surface area contributed by atoms with Crippen LogP contribution in [0.25, 0.3) is 0 Å². The van der Waals surface area contributed by atoms with E-state index in [0.717, 1.165) is 12.3 Å². The molecular weight excluding hydrogens is 196 g/mol. The molecule has 1 aromatic heterocycles. The molecule has 16 heavy (non-hydrogen) atoms. The number of nitrogens with two attached hydrogens (primary N) is 1. The molecule has 1 aromatic rings. The first kappa shape index (κ1) is 13.0. The Bertz CT molecular complexity index is 321. The summed E-state index contributed by atoms with van der Waals surface area (Å²) in [6, 6.07) is 2.18. The number of nitrogen functional groups attached to an aromatic ring is 1. The molecule has 0 aliphatic rings. The molecular formula is C14H24N2. The molecule has 1 unspecified atom stereocenters. The first-order chi connectivity index (χ1) is 7.67. The summed E-state index contributed by atoms with van der Waals surface area (Å²) in [7, 11) is 0. The van der Waals surface area contributed by atoms with Crippen LogP contribution in [0.4, 0.5) is 5.82 Å². The van der Waals surface area contributed by atoms with Crippen LogP contribution in [-0.2, 0) is 6.42 Å². The number of nitrogens with zero attached hydrogens (tertiary/aromatic N) is 1. The summed E-state index contributed by atoms with van der Waals surface area (Å²) in [5.41, 5.74) is 8.34. The SMILES string of the molecule is CCCCC(CC)Cc1cc(C)cnc1N. The average molecular weight is 220 g/mol. The lowest BCUT2D eigenvalue weighted by Crippen LogP contribution is -2.07. The zero-order valence-corrected chi connectivity index (χ0v) is 10.8. The second kappa shape index (κ2) is 6.51. The Morgan fingerprint density at radius 1 is 1.38 bits per heavy atom. The van der Waals surface area contributed by atoms with E-state index < -0.39 is 0 Å². The van der Waals surface area contributed by atoms with Crippen LogP contribution in [0, 0.1) is 12.8 Å². The van der Waals surface area contributed by atoms with Gasteiger partial charge in [0.2, 0.25) is 0 Å². The Morgan fingerprint density at radius 2 is 2.12 bits per heavy atom. The fourth-order valence-electron chi connectivity index (χ4n) is 2.06. The van der Waals surface area contributed by atoms with Crippen molar-refractivity contribution in [1.82, 2.24) is 4.98 Å². The van der Waals surface area contributed by atoms with E-state index in [1.807, 2.05) is 6.20 Å². The molecule has 0 radical (unpaired) electrons. The third kappa shape index (κ3) is 3.84. The molecule has 2 heteroatoms. The second-order valence-electron chi connectivity index (χ2n) is 4.68. The number of hydrogen-bond donors (Lipinski definition) is 1. The van der Waals surface area contributed by atoms with Gasteiger partial charge in [-0.3, -0.25) is 0 Å². The van der Waals surface area contributed by atoms with E-state index in [-0.39, 0.29) is 0 Å². The van der Waals surface area contributed by atoms with Crippen molar-refractivity contribution in [2.45, 2.75) is 52.9 Å². The predicted molar refractivity (Wildman–Crippen MR) is 70.4 cm³/mol. The van der Waals surface area contributed by atoms with Crippen LogP contribution in [0.15, 0.2) is 12.3 Å². The van der Waals surface area contributed by atoms with Crippen molar-refractivity contribution in [3.05, 3.63) is 23.4 Å². The van der Waals surface area contributed by atoms with Crippen molar-refractivity contribution in [1.29, 1.82) is 0 Å². The fourth-order valence-corrected chi connectivity index (χ4v) is 2.06. The van der Waals surface area contributed by atoms with Crippen molar-refractivity contribution in [2.24, 2.45) is 5.92 Å². The summed E-state index contributed by atoms with van der Waals surface area (Å²) in [5.74, 6) is 1.46. The number of hydrogen-bond acceptors (Lipinski definition) is 2. The molecule has 1 rings (SSSR count). The third-order valence-electron chi connectivity index (χ3n) is 3.19. The van der Waals surface area contributed by atoms with Gasteiger partial charge in [-0.25, -0.2) is 4.98 Å². The van der Waals surface area contributed by atoms with Crippen LogP contribution < -0.4 is 5.73 Å². The highest BCUT2D eigenvalue weighted by Crippen LogP contribution is 2.21. The van der Waals surface area contributed by atoms with E-state index in [4.69, 9.17) is 5.73 Å². The van der Waals surface area contributed by atoms with Gasteiger partial charge in [-0.2, -0.15) is 0 Å². The van der Waals surface area contributed by atoms with E-state index in [1.165, 1.54) is 36.8 Å². The van der Waals surface area contributed by atoms with Crippen molar-refractivity contribution < 1.29 is 0 Å². The molecule has 0 spiro atoms. The van der Waals surface area contributed by atoms with Gasteiger partial charge in [0.25, 0.3) is 0 Å². The molecule has 1 heterocycles. The van der Waals surface area contributed by atoms with Crippen LogP contribution in [0.5, 0.6) is 0 Å². The lowest BCUT2D eigenvalue weighted by Gasteiger charge is -2.15. The smallest absolute Gasteiger partial charge is 0.126 e. The highest BCUT2D eigenvalue weighted by Gasteiger charge is 2.10.